The number of nitrogens with one attached hydrogen (secondary N) is 2. The number of anilines is 1. The summed E-state index contributed by atoms with van der Waals surface area (Å²) in [5.41, 5.74) is 4.24. The fourth-order valence-corrected chi connectivity index (χ4v) is 3.62. The summed E-state index contributed by atoms with van der Waals surface area (Å²) < 4.78 is 13.0. The summed E-state index contributed by atoms with van der Waals surface area (Å²) in [6.07, 6.45) is 3.82. The van der Waals surface area contributed by atoms with Crippen molar-refractivity contribution < 1.29 is 19.2 Å². The molecule has 1 saturated heterocycles. The highest BCUT2D eigenvalue weighted by Crippen LogP contribution is 2.24. The number of piperidine rings is 1. The van der Waals surface area contributed by atoms with Crippen molar-refractivity contribution >= 4 is 17.6 Å². The second-order valence-corrected chi connectivity index (χ2v) is 7.37. The first-order chi connectivity index (χ1) is 14.0. The molecule has 1 aliphatic heterocycles. The van der Waals surface area contributed by atoms with Crippen LogP contribution in [-0.2, 0) is 4.79 Å². The first-order valence-corrected chi connectivity index (χ1v) is 9.90. The number of hydrogen-bond donors (Lipinski definition) is 3. The first-order valence-electron chi connectivity index (χ1n) is 9.90. The van der Waals surface area contributed by atoms with Gasteiger partial charge in [0.1, 0.15) is 5.82 Å². The van der Waals surface area contributed by atoms with Crippen LogP contribution in [0.15, 0.2) is 48.5 Å². The van der Waals surface area contributed by atoms with Crippen molar-refractivity contribution in [3.63, 3.8) is 0 Å². The predicted molar refractivity (Wildman–Crippen MR) is 109 cm³/mol. The highest BCUT2D eigenvalue weighted by Gasteiger charge is 2.22. The van der Waals surface area contributed by atoms with E-state index in [1.54, 1.807) is 17.6 Å². The molecular weight excluding hydrogens is 373 g/mol. The number of likely N-dealkylation sites (tertiary alicyclic amines) is 1. The normalized spacial score (nSPS) is 14.5. The Kier molecular flexibility index (Phi) is 7.19. The Morgan fingerprint density at radius 3 is 2.17 bits per heavy atom. The number of nitrogens with zero attached hydrogens (tertiary/aromatic N) is 1. The van der Waals surface area contributed by atoms with E-state index in [4.69, 9.17) is 5.21 Å². The van der Waals surface area contributed by atoms with Crippen LogP contribution in [0.3, 0.4) is 0 Å². The Hall–Kier alpha value is -2.93. The minimum atomic E-state index is -0.354. The van der Waals surface area contributed by atoms with Gasteiger partial charge in [-0.1, -0.05) is 24.3 Å². The number of carbonyl (C=O) groups excluding carboxylic acids is 2. The lowest BCUT2D eigenvalue weighted by Gasteiger charge is -2.32. The molecule has 0 unspecified atom stereocenters. The summed E-state index contributed by atoms with van der Waals surface area (Å²) in [6, 6.07) is 13.7. The zero-order chi connectivity index (χ0) is 20.6. The lowest BCUT2D eigenvalue weighted by Crippen LogP contribution is -2.41. The summed E-state index contributed by atoms with van der Waals surface area (Å²) in [5, 5.41) is 11.4. The molecule has 0 aromatic heterocycles. The maximum Gasteiger partial charge on any atom is 0.321 e. The maximum atomic E-state index is 13.0. The van der Waals surface area contributed by atoms with E-state index in [9.17, 15) is 14.0 Å². The Morgan fingerprint density at radius 2 is 1.59 bits per heavy atom. The molecule has 6 nitrogen and oxygen atoms in total. The molecule has 2 aromatic carbocycles. The number of urea groups is 1. The van der Waals surface area contributed by atoms with Crippen LogP contribution < -0.4 is 10.8 Å². The van der Waals surface area contributed by atoms with Crippen LogP contribution in [0.1, 0.15) is 32.1 Å². The van der Waals surface area contributed by atoms with E-state index in [-0.39, 0.29) is 17.8 Å². The third-order valence-electron chi connectivity index (χ3n) is 5.36. The average Bonchev–Trinajstić information content (AvgIpc) is 2.75. The molecule has 154 valence electrons. The number of amides is 3. The molecule has 1 aliphatic rings. The summed E-state index contributed by atoms with van der Waals surface area (Å²) in [6.45, 7) is 1.38. The monoisotopic (exact) mass is 399 g/mol. The van der Waals surface area contributed by atoms with E-state index in [1.165, 1.54) is 12.1 Å². The summed E-state index contributed by atoms with van der Waals surface area (Å²) in [5.74, 6) is -0.121. The molecule has 2 aromatic rings. The van der Waals surface area contributed by atoms with Gasteiger partial charge in [-0.05, 0) is 67.0 Å². The van der Waals surface area contributed by atoms with Crippen LogP contribution in [0.2, 0.25) is 0 Å². The molecule has 3 amide bonds. The molecule has 0 atom stereocenters. The topological polar surface area (TPSA) is 81.7 Å². The van der Waals surface area contributed by atoms with Gasteiger partial charge < -0.3 is 10.2 Å². The van der Waals surface area contributed by atoms with Crippen molar-refractivity contribution in [1.82, 2.24) is 10.4 Å². The van der Waals surface area contributed by atoms with Gasteiger partial charge in [0.15, 0.2) is 0 Å². The van der Waals surface area contributed by atoms with Gasteiger partial charge in [-0.25, -0.2) is 14.7 Å². The van der Waals surface area contributed by atoms with Crippen molar-refractivity contribution in [2.45, 2.75) is 32.1 Å². The lowest BCUT2D eigenvalue weighted by molar-refractivity contribution is -0.129. The fourth-order valence-electron chi connectivity index (χ4n) is 3.62. The van der Waals surface area contributed by atoms with E-state index in [0.717, 1.165) is 42.5 Å². The number of hydrogen-bond acceptors (Lipinski definition) is 3. The highest BCUT2D eigenvalue weighted by molar-refractivity contribution is 5.89. The van der Waals surface area contributed by atoms with Gasteiger partial charge in [-0.2, -0.15) is 0 Å². The van der Waals surface area contributed by atoms with E-state index >= 15 is 0 Å². The van der Waals surface area contributed by atoms with E-state index in [2.05, 4.69) is 5.32 Å². The Morgan fingerprint density at radius 1 is 1.00 bits per heavy atom. The molecule has 7 heteroatoms. The summed E-state index contributed by atoms with van der Waals surface area (Å²) in [7, 11) is 0. The molecule has 3 rings (SSSR count). The number of rotatable bonds is 6. The van der Waals surface area contributed by atoms with Crippen LogP contribution in [0.5, 0.6) is 0 Å². The van der Waals surface area contributed by atoms with Crippen molar-refractivity contribution in [2.24, 2.45) is 5.92 Å². The predicted octanol–water partition coefficient (Wildman–Crippen LogP) is 4.41. The number of benzene rings is 2. The van der Waals surface area contributed by atoms with Crippen LogP contribution in [0.25, 0.3) is 11.1 Å². The van der Waals surface area contributed by atoms with Gasteiger partial charge in [0, 0.05) is 25.2 Å². The van der Waals surface area contributed by atoms with E-state index < -0.39 is 0 Å². The number of halogens is 1. The number of hydroxylamine groups is 1. The molecule has 29 heavy (non-hydrogen) atoms. The van der Waals surface area contributed by atoms with Crippen LogP contribution in [0, 0.1) is 11.7 Å². The molecular formula is C22H26FN3O3. The van der Waals surface area contributed by atoms with Gasteiger partial charge in [0.05, 0.1) is 0 Å². The van der Waals surface area contributed by atoms with Crippen molar-refractivity contribution in [3.8, 4) is 11.1 Å². The van der Waals surface area contributed by atoms with Crippen molar-refractivity contribution in [1.29, 1.82) is 0 Å². The fraction of sp³-hybridized carbons (Fsp3) is 0.364. The minimum absolute atomic E-state index is 0.113. The molecule has 1 fully saturated rings. The largest absolute Gasteiger partial charge is 0.325 e. The lowest BCUT2D eigenvalue weighted by atomic mass is 9.91. The first kappa shape index (κ1) is 20.8. The van der Waals surface area contributed by atoms with Crippen LogP contribution in [0.4, 0.5) is 14.9 Å². The van der Waals surface area contributed by atoms with Crippen molar-refractivity contribution in [3.05, 3.63) is 54.3 Å². The Labute approximate surface area is 169 Å². The minimum Gasteiger partial charge on any atom is -0.325 e. The van der Waals surface area contributed by atoms with Gasteiger partial charge >= 0.3 is 6.03 Å². The van der Waals surface area contributed by atoms with E-state index in [0.29, 0.717) is 25.4 Å². The Bertz CT molecular complexity index is 816. The highest BCUT2D eigenvalue weighted by atomic mass is 19.1. The smallest absolute Gasteiger partial charge is 0.321 e. The van der Waals surface area contributed by atoms with Gasteiger partial charge in [-0.3, -0.25) is 10.0 Å². The van der Waals surface area contributed by atoms with Gasteiger partial charge in [0.2, 0.25) is 5.91 Å². The Balaban J connectivity index is 1.45. The molecule has 0 aliphatic carbocycles. The third-order valence-corrected chi connectivity index (χ3v) is 5.36. The summed E-state index contributed by atoms with van der Waals surface area (Å²) in [4.78, 5) is 25.4. The maximum absolute atomic E-state index is 13.0. The molecule has 3 N–H and O–H groups in total. The van der Waals surface area contributed by atoms with Crippen LogP contribution >= 0.6 is 0 Å². The molecule has 1 heterocycles. The zero-order valence-electron chi connectivity index (χ0n) is 16.2. The SMILES string of the molecule is O=C(CCCC1CCN(C(=O)Nc2ccc(-c3ccc(F)cc3)cc2)CC1)NO. The number of carbonyl (C=O) groups is 2. The quantitative estimate of drug-likeness (QED) is 0.497. The van der Waals surface area contributed by atoms with Crippen molar-refractivity contribution in [2.75, 3.05) is 18.4 Å². The summed E-state index contributed by atoms with van der Waals surface area (Å²) >= 11 is 0. The average molecular weight is 399 g/mol. The molecule has 0 spiro atoms. The zero-order valence-corrected chi connectivity index (χ0v) is 16.2. The third kappa shape index (κ3) is 6.02. The standard InChI is InChI=1S/C22H26FN3O3/c23-19-8-4-17(5-9-19)18-6-10-20(11-7-18)24-22(28)26-14-12-16(13-15-26)2-1-3-21(27)25-29/h4-11,16,29H,1-3,12-15H2,(H,24,28)(H,25,27). The van der Waals surface area contributed by atoms with Gasteiger partial charge in [0.25, 0.3) is 0 Å². The molecule has 0 bridgehead atoms. The van der Waals surface area contributed by atoms with Crippen LogP contribution in [-0.4, -0.2) is 35.1 Å². The second-order valence-electron chi connectivity index (χ2n) is 7.37. The molecule has 0 radical (unpaired) electrons. The van der Waals surface area contributed by atoms with Gasteiger partial charge in [-0.15, -0.1) is 0 Å². The second kappa shape index (κ2) is 10.0. The molecule has 0 saturated carbocycles. The van der Waals surface area contributed by atoms with E-state index in [1.807, 2.05) is 29.2 Å².